The van der Waals surface area contributed by atoms with Gasteiger partial charge in [-0.2, -0.15) is 18.2 Å². The van der Waals surface area contributed by atoms with Crippen LogP contribution in [-0.4, -0.2) is 21.6 Å². The number of benzene rings is 2. The summed E-state index contributed by atoms with van der Waals surface area (Å²) in [7, 11) is 0. The van der Waals surface area contributed by atoms with Gasteiger partial charge in [0.25, 0.3) is 0 Å². The highest BCUT2D eigenvalue weighted by atomic mass is 19.4. The van der Waals surface area contributed by atoms with Crippen molar-refractivity contribution in [2.75, 3.05) is 6.54 Å². The predicted molar refractivity (Wildman–Crippen MR) is 89.0 cm³/mol. The number of rotatable bonds is 3. The van der Waals surface area contributed by atoms with E-state index in [1.807, 2.05) is 12.1 Å². The minimum Gasteiger partial charge on any atom is -0.338 e. The zero-order valence-corrected chi connectivity index (χ0v) is 13.8. The summed E-state index contributed by atoms with van der Waals surface area (Å²) in [5.41, 5.74) is 2.18. The Morgan fingerprint density at radius 1 is 1.04 bits per heavy atom. The lowest BCUT2D eigenvalue weighted by molar-refractivity contribution is -0.137. The van der Waals surface area contributed by atoms with Crippen molar-refractivity contribution in [3.05, 3.63) is 71.1 Å². The number of fused-ring (bicyclic) bond motifs is 1. The Hall–Kier alpha value is -2.67. The van der Waals surface area contributed by atoms with Crippen molar-refractivity contribution in [1.29, 1.82) is 0 Å². The van der Waals surface area contributed by atoms with Crippen molar-refractivity contribution >= 4 is 0 Å². The van der Waals surface area contributed by atoms with Crippen LogP contribution in [0.4, 0.5) is 13.2 Å². The van der Waals surface area contributed by atoms with Gasteiger partial charge in [0.05, 0.1) is 12.1 Å². The summed E-state index contributed by atoms with van der Waals surface area (Å²) in [5.74, 6) is 0.570. The molecule has 0 spiro atoms. The second kappa shape index (κ2) is 6.57. The normalized spacial score (nSPS) is 15.0. The fourth-order valence-corrected chi connectivity index (χ4v) is 3.15. The zero-order valence-electron chi connectivity index (χ0n) is 13.8. The van der Waals surface area contributed by atoms with E-state index in [1.54, 1.807) is 6.07 Å². The van der Waals surface area contributed by atoms with E-state index < -0.39 is 11.7 Å². The second-order valence-electron chi connectivity index (χ2n) is 6.32. The molecule has 0 radical (unpaired) electrons. The Balaban J connectivity index is 1.49. The van der Waals surface area contributed by atoms with Gasteiger partial charge in [-0.25, -0.2) is 0 Å². The van der Waals surface area contributed by atoms with E-state index in [0.29, 0.717) is 18.0 Å². The molecule has 0 N–H and O–H groups in total. The quantitative estimate of drug-likeness (QED) is 0.699. The van der Waals surface area contributed by atoms with Crippen molar-refractivity contribution < 1.29 is 17.7 Å². The molecule has 1 aromatic heterocycles. The third-order valence-electron chi connectivity index (χ3n) is 4.48. The van der Waals surface area contributed by atoms with Crippen LogP contribution in [-0.2, 0) is 25.7 Å². The monoisotopic (exact) mass is 359 g/mol. The number of alkyl halides is 3. The molecule has 0 saturated heterocycles. The molecule has 0 atom stereocenters. The molecule has 0 fully saturated rings. The molecule has 2 aromatic carbocycles. The molecule has 0 bridgehead atoms. The minimum absolute atomic E-state index is 0.170. The van der Waals surface area contributed by atoms with Crippen LogP contribution in [0.5, 0.6) is 0 Å². The summed E-state index contributed by atoms with van der Waals surface area (Å²) in [5, 5.41) is 3.84. The summed E-state index contributed by atoms with van der Waals surface area (Å²) >= 11 is 0. The van der Waals surface area contributed by atoms with Crippen LogP contribution in [0.3, 0.4) is 0 Å². The van der Waals surface area contributed by atoms with Gasteiger partial charge in [-0.1, -0.05) is 41.6 Å². The molecule has 26 heavy (non-hydrogen) atoms. The van der Waals surface area contributed by atoms with Crippen LogP contribution >= 0.6 is 0 Å². The summed E-state index contributed by atoms with van der Waals surface area (Å²) < 4.78 is 43.8. The van der Waals surface area contributed by atoms with Gasteiger partial charge in [0.15, 0.2) is 0 Å². The van der Waals surface area contributed by atoms with Crippen LogP contribution in [0.15, 0.2) is 53.1 Å². The summed E-state index contributed by atoms with van der Waals surface area (Å²) in [6, 6.07) is 13.2. The highest BCUT2D eigenvalue weighted by molar-refractivity contribution is 5.55. The predicted octanol–water partition coefficient (Wildman–Crippen LogP) is 4.31. The Kier molecular flexibility index (Phi) is 4.24. The molecular formula is C19H16F3N3O. The van der Waals surface area contributed by atoms with Crippen LogP contribution in [0, 0.1) is 0 Å². The third-order valence-corrected chi connectivity index (χ3v) is 4.48. The lowest BCUT2D eigenvalue weighted by Gasteiger charge is -2.27. The number of hydrogen-bond acceptors (Lipinski definition) is 4. The third kappa shape index (κ3) is 3.48. The Labute approximate surface area is 148 Å². The van der Waals surface area contributed by atoms with E-state index in [2.05, 4.69) is 27.2 Å². The van der Waals surface area contributed by atoms with Crippen molar-refractivity contribution in [1.82, 2.24) is 15.0 Å². The molecule has 4 rings (SSSR count). The highest BCUT2D eigenvalue weighted by Crippen LogP contribution is 2.31. The van der Waals surface area contributed by atoms with Crippen LogP contribution in [0.1, 0.15) is 22.6 Å². The molecule has 1 aliphatic heterocycles. The first-order valence-electron chi connectivity index (χ1n) is 8.28. The zero-order chi connectivity index (χ0) is 18.1. The van der Waals surface area contributed by atoms with Crippen LogP contribution in [0.2, 0.25) is 0 Å². The maximum absolute atomic E-state index is 12.8. The van der Waals surface area contributed by atoms with Crippen LogP contribution < -0.4 is 0 Å². The molecule has 4 nitrogen and oxygen atoms in total. The summed E-state index contributed by atoms with van der Waals surface area (Å²) in [6.07, 6.45) is -3.45. The smallest absolute Gasteiger partial charge is 0.338 e. The van der Waals surface area contributed by atoms with Gasteiger partial charge in [0.1, 0.15) is 0 Å². The minimum atomic E-state index is -4.40. The van der Waals surface area contributed by atoms with Gasteiger partial charge >= 0.3 is 6.18 Å². The van der Waals surface area contributed by atoms with Gasteiger partial charge in [0.2, 0.25) is 11.7 Å². The molecule has 0 saturated carbocycles. The van der Waals surface area contributed by atoms with E-state index in [9.17, 15) is 13.2 Å². The fourth-order valence-electron chi connectivity index (χ4n) is 3.15. The molecule has 7 heteroatoms. The summed E-state index contributed by atoms with van der Waals surface area (Å²) in [6.45, 7) is 2.13. The second-order valence-corrected chi connectivity index (χ2v) is 6.32. The molecular weight excluding hydrogens is 343 g/mol. The molecule has 3 aromatic rings. The summed E-state index contributed by atoms with van der Waals surface area (Å²) in [4.78, 5) is 6.45. The largest absolute Gasteiger partial charge is 0.416 e. The van der Waals surface area contributed by atoms with E-state index in [1.165, 1.54) is 17.2 Å². The molecule has 2 heterocycles. The van der Waals surface area contributed by atoms with Crippen molar-refractivity contribution in [3.63, 3.8) is 0 Å². The Morgan fingerprint density at radius 3 is 2.65 bits per heavy atom. The van der Waals surface area contributed by atoms with Gasteiger partial charge in [-0.05, 0) is 29.7 Å². The molecule has 0 unspecified atom stereocenters. The number of aromatic nitrogens is 2. The lowest BCUT2D eigenvalue weighted by atomic mass is 10.00. The van der Waals surface area contributed by atoms with Gasteiger partial charge in [0, 0.05) is 18.7 Å². The van der Waals surface area contributed by atoms with E-state index in [0.717, 1.165) is 31.6 Å². The maximum atomic E-state index is 12.8. The molecule has 1 aliphatic rings. The lowest BCUT2D eigenvalue weighted by Crippen LogP contribution is -2.30. The van der Waals surface area contributed by atoms with Crippen molar-refractivity contribution in [3.8, 4) is 11.4 Å². The first-order valence-corrected chi connectivity index (χ1v) is 8.28. The molecule has 0 amide bonds. The Bertz CT molecular complexity index is 920. The number of nitrogens with zero attached hydrogens (tertiary/aromatic N) is 3. The Morgan fingerprint density at radius 2 is 1.85 bits per heavy atom. The average molecular weight is 359 g/mol. The first kappa shape index (κ1) is 16.8. The van der Waals surface area contributed by atoms with Gasteiger partial charge < -0.3 is 4.52 Å². The topological polar surface area (TPSA) is 42.2 Å². The van der Waals surface area contributed by atoms with Gasteiger partial charge in [-0.15, -0.1) is 0 Å². The van der Waals surface area contributed by atoms with E-state index in [-0.39, 0.29) is 5.82 Å². The standard InChI is InChI=1S/C19H16F3N3O/c20-19(21,22)16-7-3-6-14(10-16)18-23-17(26-24-18)12-25-9-8-13-4-1-2-5-15(13)11-25/h1-7,10H,8-9,11-12H2. The number of halogens is 3. The van der Waals surface area contributed by atoms with Crippen molar-refractivity contribution in [2.24, 2.45) is 0 Å². The first-order chi connectivity index (χ1) is 12.5. The van der Waals surface area contributed by atoms with Gasteiger partial charge in [-0.3, -0.25) is 4.90 Å². The average Bonchev–Trinajstić information content (AvgIpc) is 3.09. The van der Waals surface area contributed by atoms with Crippen LogP contribution in [0.25, 0.3) is 11.4 Å². The number of hydrogen-bond donors (Lipinski definition) is 0. The van der Waals surface area contributed by atoms with Crippen molar-refractivity contribution in [2.45, 2.75) is 25.7 Å². The molecule has 134 valence electrons. The van der Waals surface area contributed by atoms with E-state index in [4.69, 9.17) is 4.52 Å². The fraction of sp³-hybridized carbons (Fsp3) is 0.263. The molecule has 0 aliphatic carbocycles. The SMILES string of the molecule is FC(F)(F)c1cccc(-c2noc(CN3CCc4ccccc4C3)n2)c1. The maximum Gasteiger partial charge on any atom is 0.416 e. The van der Waals surface area contributed by atoms with E-state index >= 15 is 0 Å². The highest BCUT2D eigenvalue weighted by Gasteiger charge is 2.30.